The Balaban J connectivity index is 1.83. The maximum atomic E-state index is 11.4. The molecule has 1 saturated heterocycles. The van der Waals surface area contributed by atoms with Gasteiger partial charge in [-0.15, -0.1) is 11.3 Å². The largest absolute Gasteiger partial charge is 0.378 e. The molecule has 0 spiro atoms. The fourth-order valence-corrected chi connectivity index (χ4v) is 3.69. The van der Waals surface area contributed by atoms with Crippen LogP contribution in [0, 0.1) is 10.1 Å². The summed E-state index contributed by atoms with van der Waals surface area (Å²) in [6.45, 7) is 5.04. The van der Waals surface area contributed by atoms with Crippen LogP contribution in [-0.4, -0.2) is 40.5 Å². The molecule has 1 aliphatic rings. The number of nitrogens with zero attached hydrogens (tertiary/aromatic N) is 3. The van der Waals surface area contributed by atoms with Gasteiger partial charge in [-0.05, 0) is 38.1 Å². The minimum absolute atomic E-state index is 0.0924. The summed E-state index contributed by atoms with van der Waals surface area (Å²) in [5.41, 5.74) is 2.79. The van der Waals surface area contributed by atoms with E-state index >= 15 is 0 Å². The van der Waals surface area contributed by atoms with Crippen LogP contribution in [0.3, 0.4) is 0 Å². The van der Waals surface area contributed by atoms with Crippen molar-refractivity contribution in [3.63, 3.8) is 0 Å². The molecule has 2 aromatic rings. The number of likely N-dealkylation sites (N-methyl/N-ethyl adjacent to an activating group) is 1. The molecule has 6 nitrogen and oxygen atoms in total. The third kappa shape index (κ3) is 2.71. The molecule has 1 unspecified atom stereocenters. The number of anilines is 1. The summed E-state index contributed by atoms with van der Waals surface area (Å²) in [6, 6.07) is 4.15. The summed E-state index contributed by atoms with van der Waals surface area (Å²) < 4.78 is 0.850. The average Bonchev–Trinajstić information content (AvgIpc) is 3.12. The average molecular weight is 306 g/mol. The van der Waals surface area contributed by atoms with Crippen LogP contribution in [0.25, 0.3) is 10.2 Å². The van der Waals surface area contributed by atoms with E-state index in [1.165, 1.54) is 17.8 Å². The Kier molecular flexibility index (Phi) is 4.03. The Morgan fingerprint density at radius 1 is 1.57 bits per heavy atom. The van der Waals surface area contributed by atoms with Gasteiger partial charge in [-0.2, -0.15) is 0 Å². The Hall–Kier alpha value is -1.73. The molecule has 7 heteroatoms. The Morgan fingerprint density at radius 2 is 2.43 bits per heavy atom. The number of nitro benzene ring substituents is 1. The van der Waals surface area contributed by atoms with Crippen molar-refractivity contribution in [3.8, 4) is 0 Å². The number of rotatable bonds is 5. The van der Waals surface area contributed by atoms with E-state index in [-0.39, 0.29) is 10.6 Å². The van der Waals surface area contributed by atoms with Crippen LogP contribution in [0.1, 0.15) is 19.8 Å². The second-order valence-electron chi connectivity index (χ2n) is 5.22. The van der Waals surface area contributed by atoms with Crippen LogP contribution < -0.4 is 5.32 Å². The van der Waals surface area contributed by atoms with Gasteiger partial charge in [0.15, 0.2) is 5.52 Å². The predicted octanol–water partition coefficient (Wildman–Crippen LogP) is 3.10. The predicted molar refractivity (Wildman–Crippen MR) is 85.0 cm³/mol. The molecule has 0 amide bonds. The zero-order chi connectivity index (χ0) is 14.8. The Morgan fingerprint density at radius 3 is 3.19 bits per heavy atom. The number of thiazole rings is 1. The van der Waals surface area contributed by atoms with Crippen molar-refractivity contribution >= 4 is 32.9 Å². The smallest absolute Gasteiger partial charge is 0.319 e. The fraction of sp³-hybridized carbons (Fsp3) is 0.500. The molecule has 1 aliphatic heterocycles. The Bertz CT molecular complexity index is 657. The van der Waals surface area contributed by atoms with E-state index in [2.05, 4.69) is 22.1 Å². The molecular formula is C14H18N4O2S. The van der Waals surface area contributed by atoms with Crippen LogP contribution >= 0.6 is 11.3 Å². The number of aromatic nitrogens is 1. The maximum Gasteiger partial charge on any atom is 0.319 e. The van der Waals surface area contributed by atoms with Gasteiger partial charge in [-0.1, -0.05) is 6.92 Å². The summed E-state index contributed by atoms with van der Waals surface area (Å²) in [7, 11) is 0. The molecule has 0 radical (unpaired) electrons. The van der Waals surface area contributed by atoms with Gasteiger partial charge in [0.05, 0.1) is 15.1 Å². The molecular weight excluding hydrogens is 288 g/mol. The molecule has 2 heterocycles. The van der Waals surface area contributed by atoms with Crippen molar-refractivity contribution in [1.82, 2.24) is 9.88 Å². The van der Waals surface area contributed by atoms with E-state index < -0.39 is 0 Å². The van der Waals surface area contributed by atoms with Gasteiger partial charge in [-0.25, -0.2) is 4.98 Å². The molecule has 1 aromatic carbocycles. The molecule has 1 aromatic heterocycles. The fourth-order valence-electron chi connectivity index (χ4n) is 3.01. The highest BCUT2D eigenvalue weighted by Crippen LogP contribution is 2.34. The van der Waals surface area contributed by atoms with Crippen molar-refractivity contribution in [2.45, 2.75) is 25.8 Å². The lowest BCUT2D eigenvalue weighted by atomic mass is 10.2. The number of fused-ring (bicyclic) bond motifs is 1. The molecule has 1 atom stereocenters. The minimum atomic E-state index is -0.337. The molecule has 112 valence electrons. The van der Waals surface area contributed by atoms with Gasteiger partial charge in [0.2, 0.25) is 0 Å². The molecule has 3 rings (SSSR count). The van der Waals surface area contributed by atoms with E-state index in [0.717, 1.165) is 30.8 Å². The second kappa shape index (κ2) is 5.95. The van der Waals surface area contributed by atoms with Crippen LogP contribution in [-0.2, 0) is 0 Å². The van der Waals surface area contributed by atoms with Gasteiger partial charge in [0.1, 0.15) is 5.69 Å². The van der Waals surface area contributed by atoms with Crippen LogP contribution in [0.5, 0.6) is 0 Å². The van der Waals surface area contributed by atoms with Crippen LogP contribution in [0.2, 0.25) is 0 Å². The summed E-state index contributed by atoms with van der Waals surface area (Å²) >= 11 is 1.42. The second-order valence-corrected chi connectivity index (χ2v) is 6.11. The van der Waals surface area contributed by atoms with Crippen molar-refractivity contribution in [3.05, 3.63) is 27.8 Å². The highest BCUT2D eigenvalue weighted by Gasteiger charge is 2.25. The number of likely N-dealkylation sites (tertiary alicyclic amines) is 1. The van der Waals surface area contributed by atoms with E-state index in [9.17, 15) is 10.1 Å². The molecule has 0 aliphatic carbocycles. The molecule has 1 N–H and O–H groups in total. The first-order chi connectivity index (χ1) is 10.2. The highest BCUT2D eigenvalue weighted by molar-refractivity contribution is 7.16. The SMILES string of the molecule is CCN1CCCC1CNc1ccc2scnc2c1[N+](=O)[O-]. The van der Waals surface area contributed by atoms with Gasteiger partial charge < -0.3 is 5.32 Å². The highest BCUT2D eigenvalue weighted by atomic mass is 32.1. The molecule has 1 fully saturated rings. The number of benzene rings is 1. The van der Waals surface area contributed by atoms with E-state index in [1.54, 1.807) is 11.6 Å². The van der Waals surface area contributed by atoms with Crippen molar-refractivity contribution in [2.24, 2.45) is 0 Å². The normalized spacial score (nSPS) is 19.2. The quantitative estimate of drug-likeness (QED) is 0.679. The third-order valence-corrected chi connectivity index (χ3v) is 4.89. The standard InChI is InChI=1S/C14H18N4O2S/c1-2-17-7-3-4-10(17)8-15-11-5-6-12-13(16-9-21-12)14(11)18(19)20/h5-6,9-10,15H,2-4,7-8H2,1H3. The summed E-state index contributed by atoms with van der Waals surface area (Å²) in [5, 5.41) is 14.6. The zero-order valence-corrected chi connectivity index (χ0v) is 12.7. The lowest BCUT2D eigenvalue weighted by molar-refractivity contribution is -0.382. The van der Waals surface area contributed by atoms with Crippen molar-refractivity contribution in [1.29, 1.82) is 0 Å². The van der Waals surface area contributed by atoms with E-state index in [0.29, 0.717) is 17.2 Å². The third-order valence-electron chi connectivity index (χ3n) is 4.09. The number of nitro groups is 1. The number of hydrogen-bond acceptors (Lipinski definition) is 6. The molecule has 0 bridgehead atoms. The molecule has 21 heavy (non-hydrogen) atoms. The first-order valence-corrected chi connectivity index (χ1v) is 8.07. The zero-order valence-electron chi connectivity index (χ0n) is 11.9. The van der Waals surface area contributed by atoms with E-state index in [4.69, 9.17) is 0 Å². The Labute approximate surface area is 126 Å². The lowest BCUT2D eigenvalue weighted by Crippen LogP contribution is -2.34. The first kappa shape index (κ1) is 14.2. The van der Waals surface area contributed by atoms with Gasteiger partial charge in [0, 0.05) is 12.6 Å². The molecule has 0 saturated carbocycles. The first-order valence-electron chi connectivity index (χ1n) is 7.19. The van der Waals surface area contributed by atoms with Crippen LogP contribution in [0.4, 0.5) is 11.4 Å². The van der Waals surface area contributed by atoms with Gasteiger partial charge in [0.25, 0.3) is 0 Å². The monoisotopic (exact) mass is 306 g/mol. The van der Waals surface area contributed by atoms with Gasteiger partial charge >= 0.3 is 5.69 Å². The van der Waals surface area contributed by atoms with Crippen molar-refractivity contribution in [2.75, 3.05) is 25.0 Å². The topological polar surface area (TPSA) is 71.3 Å². The maximum absolute atomic E-state index is 11.4. The van der Waals surface area contributed by atoms with Crippen molar-refractivity contribution < 1.29 is 4.92 Å². The number of hydrogen-bond donors (Lipinski definition) is 1. The van der Waals surface area contributed by atoms with Gasteiger partial charge in [-0.3, -0.25) is 15.0 Å². The lowest BCUT2D eigenvalue weighted by Gasteiger charge is -2.23. The number of nitrogens with one attached hydrogen (secondary N) is 1. The summed E-state index contributed by atoms with van der Waals surface area (Å²) in [6.07, 6.45) is 2.35. The van der Waals surface area contributed by atoms with E-state index in [1.807, 2.05) is 6.07 Å². The summed E-state index contributed by atoms with van der Waals surface area (Å²) in [5.74, 6) is 0. The summed E-state index contributed by atoms with van der Waals surface area (Å²) in [4.78, 5) is 17.6. The van der Waals surface area contributed by atoms with Crippen LogP contribution in [0.15, 0.2) is 17.6 Å². The minimum Gasteiger partial charge on any atom is -0.378 e.